The van der Waals surface area contributed by atoms with Crippen LogP contribution in [0.15, 0.2) is 79.5 Å². The molecule has 1 aliphatic heterocycles. The summed E-state index contributed by atoms with van der Waals surface area (Å²) in [6.45, 7) is 2.68. The zero-order valence-corrected chi connectivity index (χ0v) is 24.0. The molecule has 0 radical (unpaired) electrons. The van der Waals surface area contributed by atoms with Crippen molar-refractivity contribution >= 4 is 22.8 Å². The lowest BCUT2D eigenvalue weighted by atomic mass is 10.0. The van der Waals surface area contributed by atoms with Crippen LogP contribution in [0.1, 0.15) is 24.2 Å². The average molecular weight is 599 g/mol. The summed E-state index contributed by atoms with van der Waals surface area (Å²) in [7, 11) is 0. The van der Waals surface area contributed by atoms with Gasteiger partial charge in [-0.25, -0.2) is 34.3 Å². The number of pyridine rings is 2. The molecule has 0 bridgehead atoms. The number of piperidine rings is 1. The molecule has 5 aromatic heterocycles. The highest BCUT2D eigenvalue weighted by molar-refractivity contribution is 5.84. The van der Waals surface area contributed by atoms with Gasteiger partial charge in [-0.3, -0.25) is 14.5 Å². The minimum absolute atomic E-state index is 0.165. The van der Waals surface area contributed by atoms with Crippen LogP contribution in [0.4, 0.5) is 16.0 Å². The van der Waals surface area contributed by atoms with Gasteiger partial charge in [-0.05, 0) is 60.9 Å². The quantitative estimate of drug-likeness (QED) is 0.268. The van der Waals surface area contributed by atoms with E-state index in [9.17, 15) is 4.39 Å². The third-order valence-corrected chi connectivity index (χ3v) is 7.77. The number of rotatable bonds is 7. The Kier molecular flexibility index (Phi) is 7.46. The number of imidazole rings is 1. The minimum Gasteiger partial charge on any atom is -0.383 e. The number of hydrogen-bond acceptors (Lipinski definition) is 11. The number of fused-ring (bicyclic) bond motifs is 1. The topological polar surface area (TPSA) is 160 Å². The Morgan fingerprint density at radius 1 is 0.911 bits per heavy atom. The van der Waals surface area contributed by atoms with Crippen molar-refractivity contribution in [3.63, 3.8) is 0 Å². The van der Waals surface area contributed by atoms with E-state index in [1.54, 1.807) is 24.5 Å². The van der Waals surface area contributed by atoms with Crippen molar-refractivity contribution in [3.05, 3.63) is 96.7 Å². The summed E-state index contributed by atoms with van der Waals surface area (Å²) < 4.78 is 15.5. The summed E-state index contributed by atoms with van der Waals surface area (Å²) in [6.07, 6.45) is 7.74. The molecule has 222 valence electrons. The van der Waals surface area contributed by atoms with Crippen LogP contribution in [0, 0.1) is 17.1 Å². The molecule has 0 atom stereocenters. The Balaban J connectivity index is 1.13. The highest BCUT2D eigenvalue weighted by Crippen LogP contribution is 2.31. The first-order chi connectivity index (χ1) is 22.0. The number of anilines is 2. The first kappa shape index (κ1) is 27.9. The number of nitrogens with one attached hydrogen (secondary N) is 1. The van der Waals surface area contributed by atoms with E-state index in [0.717, 1.165) is 38.2 Å². The fourth-order valence-corrected chi connectivity index (χ4v) is 5.51. The zero-order chi connectivity index (χ0) is 30.8. The van der Waals surface area contributed by atoms with E-state index in [-0.39, 0.29) is 11.9 Å². The van der Waals surface area contributed by atoms with Crippen LogP contribution < -0.4 is 11.1 Å². The third kappa shape index (κ3) is 5.86. The molecule has 0 saturated carbocycles. The second-order valence-corrected chi connectivity index (χ2v) is 10.7. The van der Waals surface area contributed by atoms with Gasteiger partial charge in [-0.1, -0.05) is 12.1 Å². The van der Waals surface area contributed by atoms with Crippen molar-refractivity contribution in [1.29, 1.82) is 5.26 Å². The molecule has 6 heterocycles. The van der Waals surface area contributed by atoms with Gasteiger partial charge in [0.1, 0.15) is 35.4 Å². The van der Waals surface area contributed by atoms with Crippen molar-refractivity contribution in [2.75, 3.05) is 24.1 Å². The van der Waals surface area contributed by atoms with Gasteiger partial charge in [0.15, 0.2) is 11.5 Å². The van der Waals surface area contributed by atoms with Gasteiger partial charge in [0.05, 0.1) is 23.1 Å². The van der Waals surface area contributed by atoms with Crippen LogP contribution >= 0.6 is 0 Å². The second kappa shape index (κ2) is 12.0. The number of aromatic nitrogens is 8. The van der Waals surface area contributed by atoms with Crippen molar-refractivity contribution in [1.82, 2.24) is 44.4 Å². The minimum atomic E-state index is -0.412. The van der Waals surface area contributed by atoms with Crippen molar-refractivity contribution < 1.29 is 4.39 Å². The van der Waals surface area contributed by atoms with E-state index in [4.69, 9.17) is 21.0 Å². The third-order valence-electron chi connectivity index (χ3n) is 7.77. The lowest BCUT2D eigenvalue weighted by Gasteiger charge is -2.32. The van der Waals surface area contributed by atoms with E-state index in [0.29, 0.717) is 45.6 Å². The molecule has 13 heteroatoms. The second-order valence-electron chi connectivity index (χ2n) is 10.7. The van der Waals surface area contributed by atoms with E-state index >= 15 is 0 Å². The summed E-state index contributed by atoms with van der Waals surface area (Å²) in [5.41, 5.74) is 11.3. The summed E-state index contributed by atoms with van der Waals surface area (Å²) >= 11 is 0. The Labute approximate surface area is 257 Å². The largest absolute Gasteiger partial charge is 0.383 e. The molecule has 0 aliphatic carbocycles. The summed E-state index contributed by atoms with van der Waals surface area (Å²) in [4.78, 5) is 32.9. The fourth-order valence-electron chi connectivity index (χ4n) is 5.51. The molecular formula is C32H27FN12. The molecule has 12 nitrogen and oxygen atoms in total. The predicted octanol–water partition coefficient (Wildman–Crippen LogP) is 4.40. The van der Waals surface area contributed by atoms with E-state index in [1.807, 2.05) is 34.9 Å². The lowest BCUT2D eigenvalue weighted by Crippen LogP contribution is -2.38. The van der Waals surface area contributed by atoms with Gasteiger partial charge >= 0.3 is 0 Å². The van der Waals surface area contributed by atoms with Gasteiger partial charge in [-0.15, -0.1) is 0 Å². The molecule has 1 fully saturated rings. The molecule has 0 spiro atoms. The lowest BCUT2D eigenvalue weighted by molar-refractivity contribution is 0.211. The number of nitriles is 1. The van der Waals surface area contributed by atoms with E-state index in [1.165, 1.54) is 24.2 Å². The maximum absolute atomic E-state index is 13.5. The van der Waals surface area contributed by atoms with Gasteiger partial charge in [0.25, 0.3) is 0 Å². The monoisotopic (exact) mass is 598 g/mol. The number of hydrogen-bond donors (Lipinski definition) is 2. The number of benzene rings is 1. The van der Waals surface area contributed by atoms with Crippen molar-refractivity contribution in [2.45, 2.75) is 25.4 Å². The molecule has 1 saturated heterocycles. The van der Waals surface area contributed by atoms with Crippen LogP contribution in [0.5, 0.6) is 0 Å². The van der Waals surface area contributed by atoms with Crippen LogP contribution in [0.25, 0.3) is 39.6 Å². The Morgan fingerprint density at radius 3 is 2.49 bits per heavy atom. The Morgan fingerprint density at radius 2 is 1.73 bits per heavy atom. The van der Waals surface area contributed by atoms with Crippen molar-refractivity contribution in [2.24, 2.45) is 0 Å². The molecule has 0 unspecified atom stereocenters. The van der Waals surface area contributed by atoms with Crippen LogP contribution in [0.2, 0.25) is 0 Å². The maximum Gasteiger partial charge on any atom is 0.234 e. The van der Waals surface area contributed by atoms with Gasteiger partial charge in [-0.2, -0.15) is 5.26 Å². The van der Waals surface area contributed by atoms with Gasteiger partial charge in [0, 0.05) is 43.8 Å². The summed E-state index contributed by atoms with van der Waals surface area (Å²) in [5.74, 6) is 1.30. The molecule has 1 aromatic carbocycles. The van der Waals surface area contributed by atoms with Crippen LogP contribution in [0.3, 0.4) is 0 Å². The van der Waals surface area contributed by atoms with Gasteiger partial charge < -0.3 is 11.1 Å². The SMILES string of the molecule is N#Cc1nccc(NC2CCN(Cc3ccc(-n4c(-c5cncnc5N)nc5ccc(-c6ccc(F)cn6)nc54)cc3)CC2)n1. The fraction of sp³-hybridized carbons (Fsp3) is 0.188. The molecule has 45 heavy (non-hydrogen) atoms. The van der Waals surface area contributed by atoms with E-state index < -0.39 is 5.82 Å². The van der Waals surface area contributed by atoms with Crippen LogP contribution in [-0.4, -0.2) is 63.5 Å². The normalized spacial score (nSPS) is 14.0. The highest BCUT2D eigenvalue weighted by atomic mass is 19.1. The number of nitrogen functional groups attached to an aromatic ring is 1. The molecule has 7 rings (SSSR count). The standard InChI is InChI=1S/C32H27FN12/c33-21-3-6-25(38-16-21)26-7-8-27-32(41-26)45(31(42-27)24-17-36-19-39-30(24)35)23-4-1-20(2-5-23)18-44-13-10-22(11-14-44)40-28-9-12-37-29(15-34)43-28/h1-9,12,16-17,19,22H,10-11,13-14,18H2,(H2,35,36,39)(H,37,40,43). The molecule has 6 aromatic rings. The number of likely N-dealkylation sites (tertiary alicyclic amines) is 1. The van der Waals surface area contributed by atoms with Gasteiger partial charge in [0.2, 0.25) is 5.82 Å². The first-order valence-corrected chi connectivity index (χ1v) is 14.4. The van der Waals surface area contributed by atoms with Crippen molar-refractivity contribution in [3.8, 4) is 34.5 Å². The Hall–Kier alpha value is -5.87. The van der Waals surface area contributed by atoms with Crippen LogP contribution in [-0.2, 0) is 6.54 Å². The predicted molar refractivity (Wildman–Crippen MR) is 166 cm³/mol. The van der Waals surface area contributed by atoms with E-state index in [2.05, 4.69) is 47.3 Å². The summed E-state index contributed by atoms with van der Waals surface area (Å²) in [6, 6.07) is 19.0. The smallest absolute Gasteiger partial charge is 0.234 e. The highest BCUT2D eigenvalue weighted by Gasteiger charge is 2.21. The Bertz CT molecular complexity index is 2010. The summed E-state index contributed by atoms with van der Waals surface area (Å²) in [5, 5.41) is 12.5. The number of halogens is 1. The molecule has 3 N–H and O–H groups in total. The maximum atomic E-state index is 13.5. The first-order valence-electron chi connectivity index (χ1n) is 14.4. The average Bonchev–Trinajstić information content (AvgIpc) is 3.45. The number of nitrogens with two attached hydrogens (primary N) is 1. The molecule has 0 amide bonds. The number of nitrogens with zero attached hydrogens (tertiary/aromatic N) is 10. The molecule has 1 aliphatic rings. The molecular weight excluding hydrogens is 571 g/mol. The zero-order valence-electron chi connectivity index (χ0n) is 24.0.